The summed E-state index contributed by atoms with van der Waals surface area (Å²) >= 11 is 6.00. The second-order valence-corrected chi connectivity index (χ2v) is 4.80. The summed E-state index contributed by atoms with van der Waals surface area (Å²) in [5.41, 5.74) is 1.54. The fourth-order valence-corrected chi connectivity index (χ4v) is 2.37. The molecule has 0 aliphatic carbocycles. The van der Waals surface area contributed by atoms with Crippen LogP contribution < -0.4 is 4.90 Å². The Morgan fingerprint density at radius 2 is 2.28 bits per heavy atom. The Morgan fingerprint density at radius 1 is 1.44 bits per heavy atom. The smallest absolute Gasteiger partial charge is 0.226 e. The zero-order chi connectivity index (χ0) is 12.7. The number of morpholine rings is 1. The molecule has 1 aliphatic heterocycles. The van der Waals surface area contributed by atoms with Gasteiger partial charge < -0.3 is 14.2 Å². The van der Waals surface area contributed by atoms with Crippen molar-refractivity contribution in [2.75, 3.05) is 24.7 Å². The summed E-state index contributed by atoms with van der Waals surface area (Å²) in [6.07, 6.45) is 1.73. The van der Waals surface area contributed by atoms with E-state index in [0.29, 0.717) is 13.2 Å². The number of imidazole rings is 1. The van der Waals surface area contributed by atoms with Gasteiger partial charge in [-0.25, -0.2) is 4.98 Å². The van der Waals surface area contributed by atoms with E-state index < -0.39 is 0 Å². The minimum absolute atomic E-state index is 0.250. The average molecular weight is 268 g/mol. The summed E-state index contributed by atoms with van der Waals surface area (Å²) in [6.45, 7) is 4.28. The van der Waals surface area contributed by atoms with Crippen LogP contribution >= 0.6 is 11.6 Å². The molecule has 3 rings (SSSR count). The number of hydrogen-bond donors (Lipinski definition) is 0. The maximum atomic E-state index is 6.00. The maximum Gasteiger partial charge on any atom is 0.226 e. The van der Waals surface area contributed by atoms with Crippen molar-refractivity contribution in [3.8, 4) is 0 Å². The van der Waals surface area contributed by atoms with Crippen LogP contribution in [0.25, 0.3) is 11.2 Å². The van der Waals surface area contributed by atoms with Gasteiger partial charge in [0.05, 0.1) is 25.6 Å². The van der Waals surface area contributed by atoms with Gasteiger partial charge >= 0.3 is 0 Å². The van der Waals surface area contributed by atoms with E-state index in [1.165, 1.54) is 0 Å². The largest absolute Gasteiger partial charge is 0.377 e. The molecule has 0 bridgehead atoms. The van der Waals surface area contributed by atoms with Crippen molar-refractivity contribution >= 4 is 28.6 Å². The van der Waals surface area contributed by atoms with Gasteiger partial charge in [-0.05, 0) is 18.5 Å². The number of ether oxygens (including phenoxy) is 1. The highest BCUT2D eigenvalue weighted by atomic mass is 35.5. The van der Waals surface area contributed by atoms with Gasteiger partial charge in [0, 0.05) is 13.6 Å². The highest BCUT2D eigenvalue weighted by Crippen LogP contribution is 2.26. The van der Waals surface area contributed by atoms with Gasteiger partial charge in [-0.3, -0.25) is 0 Å². The first-order valence-electron chi connectivity index (χ1n) is 5.86. The van der Waals surface area contributed by atoms with Gasteiger partial charge in [0.1, 0.15) is 0 Å². The van der Waals surface area contributed by atoms with E-state index in [1.807, 2.05) is 11.6 Å². The van der Waals surface area contributed by atoms with Crippen LogP contribution in [0.5, 0.6) is 0 Å². The molecule has 1 aliphatic rings. The predicted octanol–water partition coefficient (Wildman–Crippen LogP) is 1.24. The van der Waals surface area contributed by atoms with E-state index in [9.17, 15) is 0 Å². The van der Waals surface area contributed by atoms with Crippen LogP contribution in [0.3, 0.4) is 0 Å². The molecule has 2 aromatic rings. The van der Waals surface area contributed by atoms with Crippen LogP contribution in [0.4, 0.5) is 5.82 Å². The topological polar surface area (TPSA) is 56.1 Å². The first kappa shape index (κ1) is 11.7. The molecular formula is C11H14ClN5O. The number of aryl methyl sites for hydroxylation is 1. The SMILES string of the molecule is CC1COCCN1c1nc(Cl)nc2c1ncn2C. The molecule has 1 saturated heterocycles. The summed E-state index contributed by atoms with van der Waals surface area (Å²) in [5.74, 6) is 0.793. The highest BCUT2D eigenvalue weighted by molar-refractivity contribution is 6.28. The summed E-state index contributed by atoms with van der Waals surface area (Å²) in [6, 6.07) is 0.259. The first-order valence-corrected chi connectivity index (χ1v) is 6.23. The number of aromatic nitrogens is 4. The Kier molecular flexibility index (Phi) is 2.83. The number of fused-ring (bicyclic) bond motifs is 1. The van der Waals surface area contributed by atoms with Crippen molar-refractivity contribution in [2.24, 2.45) is 7.05 Å². The van der Waals surface area contributed by atoms with Crippen LogP contribution in [0.15, 0.2) is 6.33 Å². The van der Waals surface area contributed by atoms with Crippen molar-refractivity contribution in [2.45, 2.75) is 13.0 Å². The third-order valence-electron chi connectivity index (χ3n) is 3.15. The van der Waals surface area contributed by atoms with Crippen molar-refractivity contribution in [3.63, 3.8) is 0 Å². The van der Waals surface area contributed by atoms with Gasteiger partial charge in [0.15, 0.2) is 17.0 Å². The number of hydrogen-bond acceptors (Lipinski definition) is 5. The quantitative estimate of drug-likeness (QED) is 0.728. The van der Waals surface area contributed by atoms with E-state index >= 15 is 0 Å². The van der Waals surface area contributed by atoms with Crippen LogP contribution in [-0.4, -0.2) is 45.3 Å². The van der Waals surface area contributed by atoms with Crippen LogP contribution in [0.1, 0.15) is 6.92 Å². The number of halogens is 1. The molecule has 96 valence electrons. The lowest BCUT2D eigenvalue weighted by atomic mass is 10.2. The van der Waals surface area contributed by atoms with E-state index in [1.54, 1.807) is 6.33 Å². The predicted molar refractivity (Wildman–Crippen MR) is 68.9 cm³/mol. The van der Waals surface area contributed by atoms with Crippen molar-refractivity contribution in [1.82, 2.24) is 19.5 Å². The minimum atomic E-state index is 0.250. The van der Waals surface area contributed by atoms with Gasteiger partial charge in [0.2, 0.25) is 5.28 Å². The second-order valence-electron chi connectivity index (χ2n) is 4.46. The Labute approximate surface area is 110 Å². The molecule has 1 unspecified atom stereocenters. The average Bonchev–Trinajstić information content (AvgIpc) is 2.71. The lowest BCUT2D eigenvalue weighted by Crippen LogP contribution is -2.44. The van der Waals surface area contributed by atoms with Gasteiger partial charge in [-0.2, -0.15) is 9.97 Å². The first-order chi connectivity index (χ1) is 8.66. The van der Waals surface area contributed by atoms with Gasteiger partial charge in [-0.15, -0.1) is 0 Å². The molecule has 0 N–H and O–H groups in total. The standard InChI is InChI=1S/C11H14ClN5O/c1-7-5-18-4-3-17(7)10-8-9(14-11(12)15-10)16(2)6-13-8/h6-7H,3-5H2,1-2H3. The Balaban J connectivity index is 2.15. The van der Waals surface area contributed by atoms with Crippen LogP contribution in [0.2, 0.25) is 5.28 Å². The number of nitrogens with zero attached hydrogens (tertiary/aromatic N) is 5. The van der Waals surface area contributed by atoms with Gasteiger partial charge in [0.25, 0.3) is 0 Å². The minimum Gasteiger partial charge on any atom is -0.377 e. The molecule has 1 atom stereocenters. The van der Waals surface area contributed by atoms with E-state index in [2.05, 4.69) is 26.8 Å². The Hall–Kier alpha value is -1.40. The molecule has 1 fully saturated rings. The van der Waals surface area contributed by atoms with Crippen molar-refractivity contribution in [3.05, 3.63) is 11.6 Å². The fourth-order valence-electron chi connectivity index (χ4n) is 2.21. The Bertz CT molecular complexity index is 584. The van der Waals surface area contributed by atoms with Crippen molar-refractivity contribution in [1.29, 1.82) is 0 Å². The van der Waals surface area contributed by atoms with Crippen LogP contribution in [0, 0.1) is 0 Å². The molecule has 0 spiro atoms. The van der Waals surface area contributed by atoms with Crippen LogP contribution in [-0.2, 0) is 11.8 Å². The Morgan fingerprint density at radius 3 is 3.06 bits per heavy atom. The molecule has 0 saturated carbocycles. The molecule has 7 heteroatoms. The normalized spacial score (nSPS) is 20.6. The number of anilines is 1. The zero-order valence-electron chi connectivity index (χ0n) is 10.3. The molecule has 3 heterocycles. The molecule has 2 aromatic heterocycles. The molecule has 6 nitrogen and oxygen atoms in total. The summed E-state index contributed by atoms with van der Waals surface area (Å²) < 4.78 is 7.28. The molecule has 0 radical (unpaired) electrons. The molecular weight excluding hydrogens is 254 g/mol. The lowest BCUT2D eigenvalue weighted by molar-refractivity contribution is 0.0986. The number of rotatable bonds is 1. The maximum absolute atomic E-state index is 6.00. The van der Waals surface area contributed by atoms with Gasteiger partial charge in [-0.1, -0.05) is 0 Å². The summed E-state index contributed by atoms with van der Waals surface area (Å²) in [7, 11) is 1.89. The lowest BCUT2D eigenvalue weighted by Gasteiger charge is -2.34. The fraction of sp³-hybridized carbons (Fsp3) is 0.545. The van der Waals surface area contributed by atoms with E-state index in [-0.39, 0.29) is 11.3 Å². The second kappa shape index (κ2) is 4.37. The van der Waals surface area contributed by atoms with E-state index in [4.69, 9.17) is 16.3 Å². The summed E-state index contributed by atoms with van der Waals surface area (Å²) in [4.78, 5) is 15.1. The molecule has 0 aromatic carbocycles. The molecule has 18 heavy (non-hydrogen) atoms. The zero-order valence-corrected chi connectivity index (χ0v) is 11.1. The third kappa shape index (κ3) is 1.81. The monoisotopic (exact) mass is 267 g/mol. The molecule has 0 amide bonds. The van der Waals surface area contributed by atoms with E-state index in [0.717, 1.165) is 23.5 Å². The highest BCUT2D eigenvalue weighted by Gasteiger charge is 2.24. The van der Waals surface area contributed by atoms with Crippen molar-refractivity contribution < 1.29 is 4.74 Å². The summed E-state index contributed by atoms with van der Waals surface area (Å²) in [5, 5.41) is 0.250. The third-order valence-corrected chi connectivity index (χ3v) is 3.32.